The zero-order valence-corrected chi connectivity index (χ0v) is 9.63. The van der Waals surface area contributed by atoms with Crippen molar-refractivity contribution in [2.45, 2.75) is 32.7 Å². The van der Waals surface area contributed by atoms with Crippen LogP contribution in [0.1, 0.15) is 26.7 Å². The van der Waals surface area contributed by atoms with Gasteiger partial charge in [0.05, 0.1) is 13.7 Å². The SMILES string of the molecule is COC(=O)CCCNCC(=O)NC(C)C. The Morgan fingerprint density at radius 2 is 2.00 bits per heavy atom. The number of hydrogen-bond acceptors (Lipinski definition) is 4. The van der Waals surface area contributed by atoms with Gasteiger partial charge in [0.15, 0.2) is 0 Å². The fourth-order valence-corrected chi connectivity index (χ4v) is 1.03. The summed E-state index contributed by atoms with van der Waals surface area (Å²) in [5.74, 6) is -0.244. The highest BCUT2D eigenvalue weighted by atomic mass is 16.5. The van der Waals surface area contributed by atoms with Crippen LogP contribution >= 0.6 is 0 Å². The average Bonchev–Trinajstić information content (AvgIpc) is 2.15. The second-order valence-electron chi connectivity index (χ2n) is 3.58. The van der Waals surface area contributed by atoms with E-state index in [4.69, 9.17) is 0 Å². The molecule has 2 N–H and O–H groups in total. The lowest BCUT2D eigenvalue weighted by molar-refractivity contribution is -0.140. The molecule has 0 aromatic rings. The predicted octanol–water partition coefficient (Wildman–Crippen LogP) is 0.0538. The van der Waals surface area contributed by atoms with Gasteiger partial charge in [-0.05, 0) is 26.8 Å². The second kappa shape index (κ2) is 8.23. The predicted molar refractivity (Wildman–Crippen MR) is 57.4 cm³/mol. The summed E-state index contributed by atoms with van der Waals surface area (Å²) in [5, 5.41) is 5.71. The van der Waals surface area contributed by atoms with Gasteiger partial charge in [-0.1, -0.05) is 0 Å². The molecule has 0 saturated carbocycles. The normalized spacial score (nSPS) is 10.1. The highest BCUT2D eigenvalue weighted by Gasteiger charge is 2.02. The third-order valence-corrected chi connectivity index (χ3v) is 1.70. The van der Waals surface area contributed by atoms with Crippen LogP contribution in [-0.2, 0) is 14.3 Å². The van der Waals surface area contributed by atoms with E-state index < -0.39 is 0 Å². The van der Waals surface area contributed by atoms with Gasteiger partial charge in [0.1, 0.15) is 0 Å². The van der Waals surface area contributed by atoms with Crippen molar-refractivity contribution in [1.82, 2.24) is 10.6 Å². The van der Waals surface area contributed by atoms with E-state index in [0.29, 0.717) is 25.9 Å². The van der Waals surface area contributed by atoms with Crippen LogP contribution in [0.15, 0.2) is 0 Å². The molecule has 88 valence electrons. The van der Waals surface area contributed by atoms with Gasteiger partial charge in [-0.2, -0.15) is 0 Å². The van der Waals surface area contributed by atoms with Crippen molar-refractivity contribution in [2.24, 2.45) is 0 Å². The molecule has 0 bridgehead atoms. The van der Waals surface area contributed by atoms with Gasteiger partial charge < -0.3 is 15.4 Å². The number of carbonyl (C=O) groups is 2. The number of nitrogens with one attached hydrogen (secondary N) is 2. The van der Waals surface area contributed by atoms with Gasteiger partial charge in [0, 0.05) is 12.5 Å². The van der Waals surface area contributed by atoms with Gasteiger partial charge in [0.25, 0.3) is 0 Å². The number of hydrogen-bond donors (Lipinski definition) is 2. The Labute approximate surface area is 90.6 Å². The fourth-order valence-electron chi connectivity index (χ4n) is 1.03. The Kier molecular flexibility index (Phi) is 7.62. The summed E-state index contributed by atoms with van der Waals surface area (Å²) in [6, 6.07) is 0.161. The molecular weight excluding hydrogens is 196 g/mol. The van der Waals surface area contributed by atoms with Crippen LogP contribution < -0.4 is 10.6 Å². The number of methoxy groups -OCH3 is 1. The Morgan fingerprint density at radius 1 is 1.33 bits per heavy atom. The van der Waals surface area contributed by atoms with Gasteiger partial charge >= 0.3 is 5.97 Å². The molecular formula is C10H20N2O3. The Bertz CT molecular complexity index is 205. The minimum absolute atomic E-state index is 0.0249. The van der Waals surface area contributed by atoms with Crippen LogP contribution in [0.5, 0.6) is 0 Å². The van der Waals surface area contributed by atoms with E-state index in [-0.39, 0.29) is 17.9 Å². The highest BCUT2D eigenvalue weighted by molar-refractivity contribution is 5.78. The minimum Gasteiger partial charge on any atom is -0.469 e. The lowest BCUT2D eigenvalue weighted by Crippen LogP contribution is -2.38. The van der Waals surface area contributed by atoms with E-state index in [0.717, 1.165) is 0 Å². The molecule has 0 saturated heterocycles. The van der Waals surface area contributed by atoms with Crippen molar-refractivity contribution in [3.05, 3.63) is 0 Å². The minimum atomic E-state index is -0.219. The summed E-state index contributed by atoms with van der Waals surface area (Å²) in [7, 11) is 1.37. The molecule has 0 fully saturated rings. The van der Waals surface area contributed by atoms with Crippen LogP contribution in [0.2, 0.25) is 0 Å². The van der Waals surface area contributed by atoms with Crippen molar-refractivity contribution in [1.29, 1.82) is 0 Å². The summed E-state index contributed by atoms with van der Waals surface area (Å²) in [6.45, 7) is 4.75. The summed E-state index contributed by atoms with van der Waals surface area (Å²) in [6.07, 6.45) is 1.07. The van der Waals surface area contributed by atoms with Crippen LogP contribution in [0.3, 0.4) is 0 Å². The second-order valence-corrected chi connectivity index (χ2v) is 3.58. The molecule has 0 unspecified atom stereocenters. The zero-order valence-electron chi connectivity index (χ0n) is 9.63. The summed E-state index contributed by atoms with van der Waals surface area (Å²) < 4.78 is 4.48. The van der Waals surface area contributed by atoms with Crippen LogP contribution in [0.25, 0.3) is 0 Å². The number of carbonyl (C=O) groups excluding carboxylic acids is 2. The quantitative estimate of drug-likeness (QED) is 0.466. The smallest absolute Gasteiger partial charge is 0.305 e. The first-order valence-electron chi connectivity index (χ1n) is 5.13. The van der Waals surface area contributed by atoms with Crippen LogP contribution in [-0.4, -0.2) is 38.1 Å². The highest BCUT2D eigenvalue weighted by Crippen LogP contribution is 1.89. The summed E-state index contributed by atoms with van der Waals surface area (Å²) in [4.78, 5) is 21.9. The first kappa shape index (κ1) is 13.9. The maximum Gasteiger partial charge on any atom is 0.305 e. The maximum absolute atomic E-state index is 11.1. The molecule has 0 rings (SSSR count). The summed E-state index contributed by atoms with van der Waals surface area (Å²) >= 11 is 0. The molecule has 0 aliphatic heterocycles. The van der Waals surface area contributed by atoms with Crippen LogP contribution in [0, 0.1) is 0 Å². The molecule has 0 spiro atoms. The molecule has 0 atom stereocenters. The van der Waals surface area contributed by atoms with Crippen molar-refractivity contribution < 1.29 is 14.3 Å². The molecule has 0 aliphatic carbocycles. The van der Waals surface area contributed by atoms with Gasteiger partial charge in [0.2, 0.25) is 5.91 Å². The number of rotatable bonds is 7. The van der Waals surface area contributed by atoms with Crippen molar-refractivity contribution in [2.75, 3.05) is 20.2 Å². The molecule has 0 aromatic carbocycles. The van der Waals surface area contributed by atoms with Gasteiger partial charge in [-0.3, -0.25) is 9.59 Å². The first-order valence-corrected chi connectivity index (χ1v) is 5.13. The molecule has 5 heteroatoms. The Morgan fingerprint density at radius 3 is 2.53 bits per heavy atom. The first-order chi connectivity index (χ1) is 7.06. The van der Waals surface area contributed by atoms with Crippen LogP contribution in [0.4, 0.5) is 0 Å². The molecule has 0 heterocycles. The third-order valence-electron chi connectivity index (χ3n) is 1.70. The molecule has 5 nitrogen and oxygen atoms in total. The van der Waals surface area contributed by atoms with Crippen molar-refractivity contribution >= 4 is 11.9 Å². The topological polar surface area (TPSA) is 67.4 Å². The van der Waals surface area contributed by atoms with Gasteiger partial charge in [-0.25, -0.2) is 0 Å². The number of esters is 1. The maximum atomic E-state index is 11.1. The fraction of sp³-hybridized carbons (Fsp3) is 0.800. The largest absolute Gasteiger partial charge is 0.469 e. The Hall–Kier alpha value is -1.10. The lowest BCUT2D eigenvalue weighted by Gasteiger charge is -2.08. The molecule has 15 heavy (non-hydrogen) atoms. The number of ether oxygens (including phenoxy) is 1. The van der Waals surface area contributed by atoms with Crippen molar-refractivity contribution in [3.63, 3.8) is 0 Å². The van der Waals surface area contributed by atoms with Gasteiger partial charge in [-0.15, -0.1) is 0 Å². The molecule has 0 radical (unpaired) electrons. The van der Waals surface area contributed by atoms with E-state index in [1.807, 2.05) is 13.8 Å². The van der Waals surface area contributed by atoms with Crippen molar-refractivity contribution in [3.8, 4) is 0 Å². The average molecular weight is 216 g/mol. The molecule has 1 amide bonds. The molecule has 0 aromatic heterocycles. The summed E-state index contributed by atoms with van der Waals surface area (Å²) in [5.41, 5.74) is 0. The van der Waals surface area contributed by atoms with E-state index in [1.54, 1.807) is 0 Å². The third kappa shape index (κ3) is 9.21. The zero-order chi connectivity index (χ0) is 11.7. The van der Waals surface area contributed by atoms with E-state index in [1.165, 1.54) is 7.11 Å². The number of amides is 1. The lowest BCUT2D eigenvalue weighted by atomic mass is 10.3. The standard InChI is InChI=1S/C10H20N2O3/c1-8(2)12-9(13)7-11-6-4-5-10(14)15-3/h8,11H,4-7H2,1-3H3,(H,12,13). The molecule has 0 aliphatic rings. The van der Waals surface area contributed by atoms with E-state index >= 15 is 0 Å². The monoisotopic (exact) mass is 216 g/mol. The van der Waals surface area contributed by atoms with E-state index in [9.17, 15) is 9.59 Å². The Balaban J connectivity index is 3.31. The van der Waals surface area contributed by atoms with E-state index in [2.05, 4.69) is 15.4 Å².